The fourth-order valence-electron chi connectivity index (χ4n) is 3.84. The van der Waals surface area contributed by atoms with E-state index in [1.54, 1.807) is 44.4 Å². The van der Waals surface area contributed by atoms with E-state index in [9.17, 15) is 4.79 Å². The second-order valence-electron chi connectivity index (χ2n) is 7.31. The molecule has 0 N–H and O–H groups in total. The van der Waals surface area contributed by atoms with Crippen molar-refractivity contribution >= 4 is 5.91 Å². The Hall–Kier alpha value is -3.55. The Kier molecular flexibility index (Phi) is 6.06. The first kappa shape index (κ1) is 20.7. The van der Waals surface area contributed by atoms with Crippen molar-refractivity contribution in [1.82, 2.24) is 15.0 Å². The lowest BCUT2D eigenvalue weighted by Crippen LogP contribution is -2.39. The third-order valence-corrected chi connectivity index (χ3v) is 5.49. The van der Waals surface area contributed by atoms with Crippen LogP contribution in [0.15, 0.2) is 47.0 Å². The molecule has 8 heteroatoms. The molecule has 3 aromatic rings. The normalized spacial score (nSPS) is 16.1. The standard InChI is InChI=1S/C23H25N3O5/c1-28-17-11-9-15(10-12-17)21-24-22(31-25-21)16-6-5-13-26(14-16)23(27)20-18(29-2)7-4-8-19(20)30-3/h4,7-12,16H,5-6,13-14H2,1-3H3/t16-/m0/s1. The average Bonchev–Trinajstić information content (AvgIpc) is 3.33. The van der Waals surface area contributed by atoms with Crippen LogP contribution in [-0.4, -0.2) is 55.4 Å². The van der Waals surface area contributed by atoms with Gasteiger partial charge >= 0.3 is 0 Å². The van der Waals surface area contributed by atoms with E-state index < -0.39 is 0 Å². The molecule has 1 aliphatic rings. The molecule has 162 valence electrons. The summed E-state index contributed by atoms with van der Waals surface area (Å²) >= 11 is 0. The lowest BCUT2D eigenvalue weighted by Gasteiger charge is -2.31. The Morgan fingerprint density at radius 3 is 2.39 bits per heavy atom. The van der Waals surface area contributed by atoms with Gasteiger partial charge in [0.1, 0.15) is 22.8 Å². The maximum atomic E-state index is 13.3. The molecule has 4 rings (SSSR count). The Morgan fingerprint density at radius 2 is 1.74 bits per heavy atom. The van der Waals surface area contributed by atoms with Gasteiger partial charge in [0, 0.05) is 18.7 Å². The summed E-state index contributed by atoms with van der Waals surface area (Å²) in [5.41, 5.74) is 1.27. The van der Waals surface area contributed by atoms with Gasteiger partial charge in [-0.3, -0.25) is 4.79 Å². The van der Waals surface area contributed by atoms with Crippen LogP contribution in [0.2, 0.25) is 0 Å². The minimum absolute atomic E-state index is 0.0297. The van der Waals surface area contributed by atoms with E-state index in [2.05, 4.69) is 10.1 Å². The molecule has 31 heavy (non-hydrogen) atoms. The number of hydrogen-bond acceptors (Lipinski definition) is 7. The molecule has 1 atom stereocenters. The zero-order chi connectivity index (χ0) is 21.8. The van der Waals surface area contributed by atoms with Crippen LogP contribution in [0.5, 0.6) is 17.2 Å². The molecular formula is C23H25N3O5. The maximum absolute atomic E-state index is 13.3. The van der Waals surface area contributed by atoms with Crippen LogP contribution in [0.4, 0.5) is 0 Å². The molecule has 1 aliphatic heterocycles. The maximum Gasteiger partial charge on any atom is 0.261 e. The average molecular weight is 423 g/mol. The van der Waals surface area contributed by atoms with Crippen LogP contribution in [0.1, 0.15) is 35.0 Å². The number of amides is 1. The molecule has 0 saturated carbocycles. The van der Waals surface area contributed by atoms with Crippen LogP contribution in [-0.2, 0) is 0 Å². The summed E-state index contributed by atoms with van der Waals surface area (Å²) in [5, 5.41) is 4.13. The second kappa shape index (κ2) is 9.07. The van der Waals surface area contributed by atoms with Crippen LogP contribution in [0, 0.1) is 0 Å². The summed E-state index contributed by atoms with van der Waals surface area (Å²) in [4.78, 5) is 19.7. The topological polar surface area (TPSA) is 86.9 Å². The zero-order valence-electron chi connectivity index (χ0n) is 17.8. The van der Waals surface area contributed by atoms with Crippen LogP contribution in [0.25, 0.3) is 11.4 Å². The molecule has 1 aromatic heterocycles. The minimum Gasteiger partial charge on any atom is -0.497 e. The highest BCUT2D eigenvalue weighted by atomic mass is 16.5. The van der Waals surface area contributed by atoms with Gasteiger partial charge in [-0.1, -0.05) is 11.2 Å². The van der Waals surface area contributed by atoms with Gasteiger partial charge in [-0.05, 0) is 49.2 Å². The van der Waals surface area contributed by atoms with Gasteiger partial charge < -0.3 is 23.6 Å². The summed E-state index contributed by atoms with van der Waals surface area (Å²) in [6, 6.07) is 12.8. The summed E-state index contributed by atoms with van der Waals surface area (Å²) in [6.45, 7) is 1.14. The largest absolute Gasteiger partial charge is 0.497 e. The highest BCUT2D eigenvalue weighted by Crippen LogP contribution is 2.33. The third kappa shape index (κ3) is 4.19. The van der Waals surface area contributed by atoms with Crippen molar-refractivity contribution in [1.29, 1.82) is 0 Å². The van der Waals surface area contributed by atoms with Gasteiger partial charge in [0.2, 0.25) is 11.7 Å². The first-order chi connectivity index (χ1) is 15.1. The highest BCUT2D eigenvalue weighted by molar-refractivity contribution is 5.99. The molecule has 1 amide bonds. The predicted molar refractivity (Wildman–Crippen MR) is 114 cm³/mol. The van der Waals surface area contributed by atoms with E-state index >= 15 is 0 Å². The van der Waals surface area contributed by atoms with Gasteiger partial charge in [-0.2, -0.15) is 4.98 Å². The number of methoxy groups -OCH3 is 3. The van der Waals surface area contributed by atoms with Crippen molar-refractivity contribution in [2.45, 2.75) is 18.8 Å². The van der Waals surface area contributed by atoms with Gasteiger partial charge in [0.25, 0.3) is 5.91 Å². The molecule has 2 aromatic carbocycles. The summed E-state index contributed by atoms with van der Waals surface area (Å²) in [6.07, 6.45) is 1.71. The lowest BCUT2D eigenvalue weighted by molar-refractivity contribution is 0.0688. The van der Waals surface area contributed by atoms with Crippen molar-refractivity contribution in [3.8, 4) is 28.6 Å². The van der Waals surface area contributed by atoms with E-state index in [0.717, 1.165) is 24.2 Å². The summed E-state index contributed by atoms with van der Waals surface area (Å²) in [7, 11) is 4.71. The Balaban J connectivity index is 1.53. The van der Waals surface area contributed by atoms with Crippen LogP contribution >= 0.6 is 0 Å². The first-order valence-electron chi connectivity index (χ1n) is 10.1. The fourth-order valence-corrected chi connectivity index (χ4v) is 3.84. The van der Waals surface area contributed by atoms with Gasteiger partial charge in [0.15, 0.2) is 0 Å². The molecule has 0 spiro atoms. The number of carbonyl (C=O) groups is 1. The number of piperidine rings is 1. The molecule has 0 bridgehead atoms. The van der Waals surface area contributed by atoms with Crippen molar-refractivity contribution < 1.29 is 23.5 Å². The van der Waals surface area contributed by atoms with Crippen molar-refractivity contribution in [3.05, 3.63) is 53.9 Å². The number of benzene rings is 2. The van der Waals surface area contributed by atoms with Crippen LogP contribution < -0.4 is 14.2 Å². The number of nitrogens with zero attached hydrogens (tertiary/aromatic N) is 3. The summed E-state index contributed by atoms with van der Waals surface area (Å²) < 4.78 is 21.6. The minimum atomic E-state index is -0.131. The fraction of sp³-hybridized carbons (Fsp3) is 0.348. The number of ether oxygens (including phenoxy) is 3. The van der Waals surface area contributed by atoms with Crippen molar-refractivity contribution in [3.63, 3.8) is 0 Å². The number of rotatable bonds is 6. The molecule has 8 nitrogen and oxygen atoms in total. The molecule has 0 radical (unpaired) electrons. The van der Waals surface area contributed by atoms with Crippen LogP contribution in [0.3, 0.4) is 0 Å². The lowest BCUT2D eigenvalue weighted by atomic mass is 9.97. The monoisotopic (exact) mass is 423 g/mol. The zero-order valence-corrected chi connectivity index (χ0v) is 17.8. The Morgan fingerprint density at radius 1 is 1.03 bits per heavy atom. The van der Waals surface area contributed by atoms with Crippen molar-refractivity contribution in [2.75, 3.05) is 34.4 Å². The molecule has 1 saturated heterocycles. The van der Waals surface area contributed by atoms with E-state index in [-0.39, 0.29) is 11.8 Å². The molecule has 2 heterocycles. The number of hydrogen-bond donors (Lipinski definition) is 0. The Bertz CT molecular complexity index is 1030. The van der Waals surface area contributed by atoms with Crippen molar-refractivity contribution in [2.24, 2.45) is 0 Å². The Labute approximate surface area is 180 Å². The van der Waals surface area contributed by atoms with Gasteiger partial charge in [-0.25, -0.2) is 0 Å². The number of aromatic nitrogens is 2. The molecule has 0 aliphatic carbocycles. The SMILES string of the molecule is COc1ccc(-c2noc([C@H]3CCCN(C(=O)c4c(OC)cccc4OC)C3)n2)cc1. The first-order valence-corrected chi connectivity index (χ1v) is 10.1. The summed E-state index contributed by atoms with van der Waals surface area (Å²) in [5.74, 6) is 2.65. The third-order valence-electron chi connectivity index (χ3n) is 5.49. The quantitative estimate of drug-likeness (QED) is 0.596. The second-order valence-corrected chi connectivity index (χ2v) is 7.31. The van der Waals surface area contributed by atoms with E-state index in [1.807, 2.05) is 24.3 Å². The van der Waals surface area contributed by atoms with E-state index in [0.29, 0.717) is 41.9 Å². The highest BCUT2D eigenvalue weighted by Gasteiger charge is 2.31. The molecular weight excluding hydrogens is 398 g/mol. The number of carbonyl (C=O) groups excluding carboxylic acids is 1. The smallest absolute Gasteiger partial charge is 0.261 e. The predicted octanol–water partition coefficient (Wildman–Crippen LogP) is 3.78. The van der Waals surface area contributed by atoms with E-state index in [4.69, 9.17) is 18.7 Å². The number of likely N-dealkylation sites (tertiary alicyclic amines) is 1. The van der Waals surface area contributed by atoms with Gasteiger partial charge in [-0.15, -0.1) is 0 Å². The molecule has 0 unspecified atom stereocenters. The molecule has 1 fully saturated rings. The van der Waals surface area contributed by atoms with Gasteiger partial charge in [0.05, 0.1) is 27.2 Å². The van der Waals surface area contributed by atoms with E-state index in [1.165, 1.54) is 0 Å².